The predicted molar refractivity (Wildman–Crippen MR) is 51.0 cm³/mol. The van der Waals surface area contributed by atoms with Crippen molar-refractivity contribution in [2.45, 2.75) is 0 Å². The molecule has 1 rings (SSSR count). The van der Waals surface area contributed by atoms with Gasteiger partial charge in [0.2, 0.25) is 0 Å². The maximum atomic E-state index is 10.3. The number of nitrogens with two attached hydrogens (primary N) is 1. The first-order valence-corrected chi connectivity index (χ1v) is 4.56. The highest BCUT2D eigenvalue weighted by Gasteiger charge is 2.02. The molecule has 8 heteroatoms. The van der Waals surface area contributed by atoms with Gasteiger partial charge in [0.1, 0.15) is 0 Å². The molecule has 1 aromatic rings. The summed E-state index contributed by atoms with van der Waals surface area (Å²) in [5.41, 5.74) is 4.85. The minimum Gasteiger partial charge on any atom is -0.365 e. The van der Waals surface area contributed by atoms with Crippen molar-refractivity contribution in [2.24, 2.45) is 5.73 Å². The summed E-state index contributed by atoms with van der Waals surface area (Å²) < 4.78 is 7.63. The number of urea groups is 1. The maximum absolute atomic E-state index is 10.3. The Morgan fingerprint density at radius 1 is 1.54 bits per heavy atom. The molecular weight excluding hydrogens is 214 g/mol. The van der Waals surface area contributed by atoms with Crippen LogP contribution in [0, 0.1) is 0 Å². The van der Waals surface area contributed by atoms with Gasteiger partial charge >= 0.3 is 6.03 Å². The van der Waals surface area contributed by atoms with Gasteiger partial charge in [0, 0.05) is 13.1 Å². The van der Waals surface area contributed by atoms with Crippen molar-refractivity contribution < 1.29 is 4.79 Å². The summed E-state index contributed by atoms with van der Waals surface area (Å²) in [6, 6.07) is -0.552. The van der Waals surface area contributed by atoms with Crippen molar-refractivity contribution >= 4 is 35.2 Å². The minimum atomic E-state index is -0.552. The van der Waals surface area contributed by atoms with Crippen LogP contribution < -0.4 is 16.4 Å². The highest BCUT2D eigenvalue weighted by molar-refractivity contribution is 6.99. The molecule has 0 aromatic carbocycles. The molecule has 0 saturated heterocycles. The zero-order chi connectivity index (χ0) is 9.68. The third-order valence-electron chi connectivity index (χ3n) is 1.17. The summed E-state index contributed by atoms with van der Waals surface area (Å²) in [7, 11) is 0. The lowest BCUT2D eigenvalue weighted by Crippen LogP contribution is -2.33. The summed E-state index contributed by atoms with van der Waals surface area (Å²) in [5, 5.41) is 5.64. The molecular formula is C5H8ClN5OS. The Hall–Kier alpha value is -1.08. The summed E-state index contributed by atoms with van der Waals surface area (Å²) in [6.45, 7) is 0.928. The monoisotopic (exact) mass is 221 g/mol. The van der Waals surface area contributed by atoms with Gasteiger partial charge in [0.25, 0.3) is 0 Å². The first kappa shape index (κ1) is 10.0. The van der Waals surface area contributed by atoms with Crippen molar-refractivity contribution in [3.8, 4) is 0 Å². The SMILES string of the molecule is NC(=O)NCCNc1nsnc1Cl. The van der Waals surface area contributed by atoms with E-state index >= 15 is 0 Å². The lowest BCUT2D eigenvalue weighted by atomic mass is 10.6. The fourth-order valence-electron chi connectivity index (χ4n) is 0.650. The maximum Gasteiger partial charge on any atom is 0.312 e. The van der Waals surface area contributed by atoms with Crippen molar-refractivity contribution in [1.29, 1.82) is 0 Å². The molecule has 0 spiro atoms. The fraction of sp³-hybridized carbons (Fsp3) is 0.400. The van der Waals surface area contributed by atoms with Crippen LogP contribution in [-0.2, 0) is 0 Å². The topological polar surface area (TPSA) is 92.9 Å². The van der Waals surface area contributed by atoms with E-state index in [-0.39, 0.29) is 0 Å². The fourth-order valence-corrected chi connectivity index (χ4v) is 1.33. The van der Waals surface area contributed by atoms with E-state index in [1.54, 1.807) is 0 Å². The van der Waals surface area contributed by atoms with Crippen molar-refractivity contribution in [3.63, 3.8) is 0 Å². The van der Waals surface area contributed by atoms with Crippen LogP contribution in [0.15, 0.2) is 0 Å². The number of nitrogens with zero attached hydrogens (tertiary/aromatic N) is 2. The van der Waals surface area contributed by atoms with Crippen LogP contribution in [0.1, 0.15) is 0 Å². The molecule has 6 nitrogen and oxygen atoms in total. The number of primary amides is 1. The third-order valence-corrected chi connectivity index (χ3v) is 2.06. The summed E-state index contributed by atoms with van der Waals surface area (Å²) in [4.78, 5) is 10.3. The molecule has 1 heterocycles. The zero-order valence-electron chi connectivity index (χ0n) is 6.58. The molecule has 4 N–H and O–H groups in total. The molecule has 0 fully saturated rings. The zero-order valence-corrected chi connectivity index (χ0v) is 8.15. The number of nitrogens with one attached hydrogen (secondary N) is 2. The molecule has 0 aliphatic heterocycles. The number of carbonyl (C=O) groups is 1. The Morgan fingerprint density at radius 3 is 2.85 bits per heavy atom. The van der Waals surface area contributed by atoms with Gasteiger partial charge in [-0.1, -0.05) is 11.6 Å². The smallest absolute Gasteiger partial charge is 0.312 e. The van der Waals surface area contributed by atoms with Crippen LogP contribution >= 0.6 is 23.3 Å². The van der Waals surface area contributed by atoms with E-state index in [0.717, 1.165) is 11.7 Å². The summed E-state index contributed by atoms with van der Waals surface area (Å²) in [6.07, 6.45) is 0. The molecule has 0 aliphatic rings. The van der Waals surface area contributed by atoms with Crippen molar-refractivity contribution in [3.05, 3.63) is 5.15 Å². The van der Waals surface area contributed by atoms with Crippen LogP contribution in [-0.4, -0.2) is 27.9 Å². The number of halogens is 1. The molecule has 0 saturated carbocycles. The lowest BCUT2D eigenvalue weighted by molar-refractivity contribution is 0.249. The average Bonchev–Trinajstić information content (AvgIpc) is 2.45. The van der Waals surface area contributed by atoms with Crippen LogP contribution in [0.25, 0.3) is 0 Å². The number of hydrogen-bond acceptors (Lipinski definition) is 5. The van der Waals surface area contributed by atoms with E-state index < -0.39 is 6.03 Å². The van der Waals surface area contributed by atoms with Gasteiger partial charge < -0.3 is 16.4 Å². The Balaban J connectivity index is 2.20. The minimum absolute atomic E-state index is 0.337. The Morgan fingerprint density at radius 2 is 2.31 bits per heavy atom. The molecule has 13 heavy (non-hydrogen) atoms. The van der Waals surface area contributed by atoms with Gasteiger partial charge in [0.05, 0.1) is 11.7 Å². The summed E-state index contributed by atoms with van der Waals surface area (Å²) >= 11 is 6.67. The second kappa shape index (κ2) is 4.83. The van der Waals surface area contributed by atoms with E-state index in [0.29, 0.717) is 24.1 Å². The number of anilines is 1. The van der Waals surface area contributed by atoms with Crippen LogP contribution in [0.3, 0.4) is 0 Å². The second-order valence-electron chi connectivity index (χ2n) is 2.12. The van der Waals surface area contributed by atoms with E-state index in [4.69, 9.17) is 17.3 Å². The van der Waals surface area contributed by atoms with E-state index in [2.05, 4.69) is 19.4 Å². The second-order valence-corrected chi connectivity index (χ2v) is 3.01. The molecule has 0 bridgehead atoms. The Labute approximate surface area is 83.8 Å². The standard InChI is InChI=1S/C5H8ClN5OS/c6-3-4(11-13-10-3)8-1-2-9-5(7)12/h1-2H2,(H,8,11)(H3,7,9,12). The van der Waals surface area contributed by atoms with Gasteiger partial charge in [-0.15, -0.1) is 0 Å². The molecule has 1 aromatic heterocycles. The van der Waals surface area contributed by atoms with Gasteiger partial charge in [0.15, 0.2) is 11.0 Å². The van der Waals surface area contributed by atoms with Gasteiger partial charge in [-0.05, 0) is 0 Å². The summed E-state index contributed by atoms with van der Waals surface area (Å²) in [5.74, 6) is 0.526. The largest absolute Gasteiger partial charge is 0.365 e. The van der Waals surface area contributed by atoms with Gasteiger partial charge in [-0.2, -0.15) is 8.75 Å². The number of rotatable bonds is 4. The predicted octanol–water partition coefficient (Wildman–Crippen LogP) is 0.272. The van der Waals surface area contributed by atoms with Crippen molar-refractivity contribution in [1.82, 2.24) is 14.1 Å². The van der Waals surface area contributed by atoms with Gasteiger partial charge in [-0.3, -0.25) is 0 Å². The third kappa shape index (κ3) is 3.43. The first-order chi connectivity index (χ1) is 6.20. The average molecular weight is 222 g/mol. The first-order valence-electron chi connectivity index (χ1n) is 3.45. The van der Waals surface area contributed by atoms with Crippen molar-refractivity contribution in [2.75, 3.05) is 18.4 Å². The molecule has 72 valence electrons. The highest BCUT2D eigenvalue weighted by atomic mass is 35.5. The number of carbonyl (C=O) groups excluding carboxylic acids is 1. The van der Waals surface area contributed by atoms with E-state index in [1.807, 2.05) is 0 Å². The Kier molecular flexibility index (Phi) is 3.71. The lowest BCUT2D eigenvalue weighted by Gasteiger charge is -2.02. The van der Waals surface area contributed by atoms with Crippen LogP contribution in [0.2, 0.25) is 5.15 Å². The molecule has 0 radical (unpaired) electrons. The molecule has 0 unspecified atom stereocenters. The number of hydrogen-bond donors (Lipinski definition) is 3. The van der Waals surface area contributed by atoms with Crippen LogP contribution in [0.4, 0.5) is 10.6 Å². The molecule has 0 aliphatic carbocycles. The molecule has 0 atom stereocenters. The van der Waals surface area contributed by atoms with E-state index in [1.165, 1.54) is 0 Å². The quantitative estimate of drug-likeness (QED) is 0.637. The normalized spacial score (nSPS) is 9.62. The van der Waals surface area contributed by atoms with Gasteiger partial charge in [-0.25, -0.2) is 4.79 Å². The van der Waals surface area contributed by atoms with Crippen LogP contribution in [0.5, 0.6) is 0 Å². The number of amides is 2. The molecule has 2 amide bonds. The number of aromatic nitrogens is 2. The Bertz CT molecular complexity index is 290. The van der Waals surface area contributed by atoms with E-state index in [9.17, 15) is 4.79 Å². The highest BCUT2D eigenvalue weighted by Crippen LogP contribution is 2.16.